The molecule has 4 nitrogen and oxygen atoms in total. The van der Waals surface area contributed by atoms with Gasteiger partial charge in [0.15, 0.2) is 0 Å². The highest BCUT2D eigenvalue weighted by Crippen LogP contribution is 2.20. The van der Waals surface area contributed by atoms with Gasteiger partial charge in [-0.3, -0.25) is 4.79 Å². The average molecular weight is 292 g/mol. The predicted octanol–water partition coefficient (Wildman–Crippen LogP) is 2.29. The minimum absolute atomic E-state index is 0.151. The Morgan fingerprint density at radius 1 is 1.67 bits per heavy atom. The van der Waals surface area contributed by atoms with Crippen molar-refractivity contribution in [2.45, 2.75) is 0 Å². The van der Waals surface area contributed by atoms with E-state index in [-0.39, 0.29) is 12.5 Å². The normalized spacial score (nSPS) is 10.5. The van der Waals surface area contributed by atoms with Crippen molar-refractivity contribution in [2.24, 2.45) is 5.16 Å². The lowest BCUT2D eigenvalue weighted by molar-refractivity contribution is 0.0959. The highest BCUT2D eigenvalue weighted by atomic mass is 79.9. The number of halogens is 2. The van der Waals surface area contributed by atoms with Crippen LogP contribution in [-0.4, -0.2) is 23.9 Å². The summed E-state index contributed by atoms with van der Waals surface area (Å²) in [6.07, 6.45) is 1.17. The lowest BCUT2D eigenvalue weighted by Gasteiger charge is -2.04. The Hall–Kier alpha value is -1.07. The van der Waals surface area contributed by atoms with Gasteiger partial charge in [-0.25, -0.2) is 0 Å². The first-order chi connectivity index (χ1) is 7.15. The number of nitrogens with one attached hydrogen (secondary N) is 1. The number of benzene rings is 1. The van der Waals surface area contributed by atoms with Crippen LogP contribution in [-0.2, 0) is 0 Å². The van der Waals surface area contributed by atoms with Crippen molar-refractivity contribution >= 4 is 39.7 Å². The molecule has 0 atom stereocenters. The van der Waals surface area contributed by atoms with Gasteiger partial charge in [0.2, 0.25) is 0 Å². The van der Waals surface area contributed by atoms with E-state index in [1.807, 2.05) is 0 Å². The molecule has 15 heavy (non-hydrogen) atoms. The van der Waals surface area contributed by atoms with E-state index >= 15 is 0 Å². The monoisotopic (exact) mass is 290 g/mol. The molecular formula is C9H8BrClN2O2. The maximum atomic E-state index is 11.5. The summed E-state index contributed by atoms with van der Waals surface area (Å²) in [6, 6.07) is 4.99. The zero-order chi connectivity index (χ0) is 11.3. The van der Waals surface area contributed by atoms with E-state index in [2.05, 4.69) is 26.4 Å². The molecule has 1 rings (SSSR count). The van der Waals surface area contributed by atoms with E-state index in [4.69, 9.17) is 16.8 Å². The number of carbonyl (C=O) groups excluding carboxylic acids is 1. The van der Waals surface area contributed by atoms with E-state index in [0.29, 0.717) is 10.6 Å². The van der Waals surface area contributed by atoms with Gasteiger partial charge in [0.25, 0.3) is 5.91 Å². The largest absolute Gasteiger partial charge is 0.411 e. The van der Waals surface area contributed by atoms with Crippen LogP contribution in [0.3, 0.4) is 0 Å². The second kappa shape index (κ2) is 5.72. The minimum atomic E-state index is -0.318. The van der Waals surface area contributed by atoms with Crippen molar-refractivity contribution < 1.29 is 10.0 Å². The topological polar surface area (TPSA) is 61.7 Å². The van der Waals surface area contributed by atoms with Gasteiger partial charge in [-0.15, -0.1) is 5.16 Å². The standard InChI is InChI=1S/C9H8BrClN2O2/c10-6-1-2-8(11)7(5-6)9(14)12-3-4-13-15/h1-2,4-5,15H,3H2,(H,12,14). The Bertz CT molecular complexity index is 396. The Balaban J connectivity index is 2.77. The van der Waals surface area contributed by atoms with Gasteiger partial charge in [-0.05, 0) is 18.2 Å². The molecule has 0 aliphatic heterocycles. The van der Waals surface area contributed by atoms with Crippen molar-refractivity contribution in [3.63, 3.8) is 0 Å². The van der Waals surface area contributed by atoms with Crippen LogP contribution in [0.5, 0.6) is 0 Å². The number of hydrogen-bond acceptors (Lipinski definition) is 3. The van der Waals surface area contributed by atoms with E-state index < -0.39 is 0 Å². The fourth-order valence-corrected chi connectivity index (χ4v) is 1.51. The SMILES string of the molecule is O=C(NCC=NO)c1cc(Br)ccc1Cl. The molecular weight excluding hydrogens is 283 g/mol. The number of carbonyl (C=O) groups is 1. The summed E-state index contributed by atoms with van der Waals surface area (Å²) in [5.74, 6) is -0.318. The second-order valence-corrected chi connectivity index (χ2v) is 3.96. The Labute approximate surface area is 100 Å². The Kier molecular flexibility index (Phi) is 4.58. The van der Waals surface area contributed by atoms with Gasteiger partial charge in [0, 0.05) is 4.47 Å². The van der Waals surface area contributed by atoms with Crippen LogP contribution in [0.15, 0.2) is 27.8 Å². The third-order valence-electron chi connectivity index (χ3n) is 1.61. The molecule has 0 aliphatic carbocycles. The van der Waals surface area contributed by atoms with Gasteiger partial charge in [-0.2, -0.15) is 0 Å². The molecule has 0 fully saturated rings. The molecule has 80 valence electrons. The molecule has 0 radical (unpaired) electrons. The molecule has 0 spiro atoms. The van der Waals surface area contributed by atoms with E-state index in [1.54, 1.807) is 18.2 Å². The maximum absolute atomic E-state index is 11.5. The van der Waals surface area contributed by atoms with Crippen LogP contribution in [0.1, 0.15) is 10.4 Å². The third kappa shape index (κ3) is 3.53. The summed E-state index contributed by atoms with van der Waals surface area (Å²) in [7, 11) is 0. The Morgan fingerprint density at radius 3 is 3.07 bits per heavy atom. The average Bonchev–Trinajstić information content (AvgIpc) is 2.22. The number of hydrogen-bond donors (Lipinski definition) is 2. The number of nitrogens with zero attached hydrogens (tertiary/aromatic N) is 1. The molecule has 0 saturated carbocycles. The van der Waals surface area contributed by atoms with Crippen LogP contribution in [0.4, 0.5) is 0 Å². The van der Waals surface area contributed by atoms with Crippen molar-refractivity contribution in [3.05, 3.63) is 33.3 Å². The molecule has 0 aromatic heterocycles. The summed E-state index contributed by atoms with van der Waals surface area (Å²) in [4.78, 5) is 11.5. The molecule has 1 aromatic carbocycles. The maximum Gasteiger partial charge on any atom is 0.253 e. The first-order valence-electron chi connectivity index (χ1n) is 4.04. The first-order valence-corrected chi connectivity index (χ1v) is 5.21. The van der Waals surface area contributed by atoms with Gasteiger partial charge in [-0.1, -0.05) is 27.5 Å². The fourth-order valence-electron chi connectivity index (χ4n) is 0.946. The molecule has 1 amide bonds. The molecule has 0 heterocycles. The van der Waals surface area contributed by atoms with Crippen molar-refractivity contribution in [2.75, 3.05) is 6.54 Å². The van der Waals surface area contributed by atoms with Crippen molar-refractivity contribution in [1.82, 2.24) is 5.32 Å². The summed E-state index contributed by atoms with van der Waals surface area (Å²) in [5, 5.41) is 13.8. The van der Waals surface area contributed by atoms with E-state index in [9.17, 15) is 4.79 Å². The summed E-state index contributed by atoms with van der Waals surface area (Å²) in [6.45, 7) is 0.151. The van der Waals surface area contributed by atoms with E-state index in [1.165, 1.54) is 6.21 Å². The first kappa shape index (κ1) is 12.0. The minimum Gasteiger partial charge on any atom is -0.411 e. The lowest BCUT2D eigenvalue weighted by atomic mass is 10.2. The van der Waals surface area contributed by atoms with Gasteiger partial charge in [0.05, 0.1) is 23.3 Å². The number of oxime groups is 1. The molecule has 0 saturated heterocycles. The summed E-state index contributed by atoms with van der Waals surface area (Å²) >= 11 is 9.08. The van der Waals surface area contributed by atoms with Crippen LogP contribution in [0.25, 0.3) is 0 Å². The zero-order valence-electron chi connectivity index (χ0n) is 7.58. The summed E-state index contributed by atoms with van der Waals surface area (Å²) < 4.78 is 0.771. The third-order valence-corrected chi connectivity index (χ3v) is 2.43. The molecule has 0 unspecified atom stereocenters. The highest BCUT2D eigenvalue weighted by Gasteiger charge is 2.09. The molecule has 2 N–H and O–H groups in total. The quantitative estimate of drug-likeness (QED) is 0.510. The fraction of sp³-hybridized carbons (Fsp3) is 0.111. The van der Waals surface area contributed by atoms with Crippen LogP contribution in [0, 0.1) is 0 Å². The number of rotatable bonds is 3. The molecule has 6 heteroatoms. The van der Waals surface area contributed by atoms with Gasteiger partial charge in [0.1, 0.15) is 0 Å². The lowest BCUT2D eigenvalue weighted by Crippen LogP contribution is -2.25. The number of amides is 1. The predicted molar refractivity (Wildman–Crippen MR) is 61.8 cm³/mol. The van der Waals surface area contributed by atoms with Crippen LogP contribution < -0.4 is 5.32 Å². The smallest absolute Gasteiger partial charge is 0.253 e. The molecule has 1 aromatic rings. The van der Waals surface area contributed by atoms with Crippen LogP contribution >= 0.6 is 27.5 Å². The summed E-state index contributed by atoms with van der Waals surface area (Å²) in [5.41, 5.74) is 0.373. The highest BCUT2D eigenvalue weighted by molar-refractivity contribution is 9.10. The van der Waals surface area contributed by atoms with Crippen molar-refractivity contribution in [1.29, 1.82) is 0 Å². The zero-order valence-corrected chi connectivity index (χ0v) is 9.92. The van der Waals surface area contributed by atoms with Gasteiger partial charge >= 0.3 is 0 Å². The van der Waals surface area contributed by atoms with Gasteiger partial charge < -0.3 is 10.5 Å². The van der Waals surface area contributed by atoms with E-state index in [0.717, 1.165) is 4.47 Å². The molecule has 0 aliphatic rings. The Morgan fingerprint density at radius 2 is 2.40 bits per heavy atom. The van der Waals surface area contributed by atoms with Crippen molar-refractivity contribution in [3.8, 4) is 0 Å². The molecule has 0 bridgehead atoms. The van der Waals surface area contributed by atoms with Crippen LogP contribution in [0.2, 0.25) is 5.02 Å². The second-order valence-electron chi connectivity index (χ2n) is 2.63.